The highest BCUT2D eigenvalue weighted by Crippen LogP contribution is 2.26. The summed E-state index contributed by atoms with van der Waals surface area (Å²) in [6.07, 6.45) is 0. The van der Waals surface area contributed by atoms with Crippen molar-refractivity contribution in [1.82, 2.24) is 0 Å². The summed E-state index contributed by atoms with van der Waals surface area (Å²) in [5.74, 6) is 0. The molecule has 0 saturated heterocycles. The van der Waals surface area contributed by atoms with Crippen LogP contribution in [0.2, 0.25) is 5.02 Å². The van der Waals surface area contributed by atoms with Crippen LogP contribution in [0.3, 0.4) is 0 Å². The van der Waals surface area contributed by atoms with E-state index in [9.17, 15) is 0 Å². The Labute approximate surface area is 114 Å². The molecular weight excluding hydrogens is 242 g/mol. The van der Waals surface area contributed by atoms with Gasteiger partial charge in [-0.1, -0.05) is 47.5 Å². The molecule has 0 spiro atoms. The van der Waals surface area contributed by atoms with Crippen LogP contribution in [0.15, 0.2) is 36.4 Å². The summed E-state index contributed by atoms with van der Waals surface area (Å²) >= 11 is 6.20. The number of rotatable bonds is 3. The first-order chi connectivity index (χ1) is 8.58. The van der Waals surface area contributed by atoms with E-state index in [2.05, 4.69) is 50.4 Å². The second-order valence-corrected chi connectivity index (χ2v) is 5.12. The van der Waals surface area contributed by atoms with Crippen LogP contribution in [0, 0.1) is 20.8 Å². The van der Waals surface area contributed by atoms with Gasteiger partial charge in [0, 0.05) is 6.54 Å². The van der Waals surface area contributed by atoms with Crippen LogP contribution in [0.4, 0.5) is 5.69 Å². The minimum absolute atomic E-state index is 0.778. The Hall–Kier alpha value is -1.47. The smallest absolute Gasteiger partial charge is 0.0640 e. The molecule has 2 heteroatoms. The highest BCUT2D eigenvalue weighted by molar-refractivity contribution is 6.33. The number of aryl methyl sites for hydroxylation is 3. The first-order valence-corrected chi connectivity index (χ1v) is 6.51. The number of nitrogens with one attached hydrogen (secondary N) is 1. The number of hydrogen-bond acceptors (Lipinski definition) is 1. The molecule has 0 bridgehead atoms. The topological polar surface area (TPSA) is 12.0 Å². The van der Waals surface area contributed by atoms with E-state index < -0.39 is 0 Å². The van der Waals surface area contributed by atoms with Crippen molar-refractivity contribution in [3.05, 3.63) is 63.7 Å². The first kappa shape index (κ1) is 13.0. The highest BCUT2D eigenvalue weighted by atomic mass is 35.5. The van der Waals surface area contributed by atoms with E-state index in [0.717, 1.165) is 17.3 Å². The van der Waals surface area contributed by atoms with E-state index in [1.54, 1.807) is 0 Å². The van der Waals surface area contributed by atoms with Crippen molar-refractivity contribution in [2.75, 3.05) is 5.32 Å². The molecule has 0 amide bonds. The fraction of sp³-hybridized carbons (Fsp3) is 0.250. The second kappa shape index (κ2) is 5.45. The molecule has 2 aromatic carbocycles. The van der Waals surface area contributed by atoms with Crippen LogP contribution in [0.5, 0.6) is 0 Å². The lowest BCUT2D eigenvalue weighted by Crippen LogP contribution is -2.03. The maximum absolute atomic E-state index is 6.20. The highest BCUT2D eigenvalue weighted by Gasteiger charge is 2.04. The van der Waals surface area contributed by atoms with Gasteiger partial charge in [0.2, 0.25) is 0 Å². The zero-order valence-electron chi connectivity index (χ0n) is 11.0. The van der Waals surface area contributed by atoms with E-state index in [-0.39, 0.29) is 0 Å². The zero-order valence-corrected chi connectivity index (χ0v) is 11.8. The van der Waals surface area contributed by atoms with Gasteiger partial charge >= 0.3 is 0 Å². The number of benzene rings is 2. The Kier molecular flexibility index (Phi) is 3.93. The van der Waals surface area contributed by atoms with Crippen LogP contribution in [-0.2, 0) is 6.54 Å². The molecule has 0 fully saturated rings. The maximum atomic E-state index is 6.20. The Balaban J connectivity index is 2.16. The molecule has 0 heterocycles. The van der Waals surface area contributed by atoms with Crippen molar-refractivity contribution in [1.29, 1.82) is 0 Å². The fourth-order valence-electron chi connectivity index (χ4n) is 2.08. The van der Waals surface area contributed by atoms with Crippen molar-refractivity contribution in [3.63, 3.8) is 0 Å². The van der Waals surface area contributed by atoms with Crippen LogP contribution >= 0.6 is 11.6 Å². The Bertz CT molecular complexity index is 541. The van der Waals surface area contributed by atoms with Crippen molar-refractivity contribution in [3.8, 4) is 0 Å². The van der Waals surface area contributed by atoms with E-state index in [1.165, 1.54) is 22.3 Å². The summed E-state index contributed by atoms with van der Waals surface area (Å²) < 4.78 is 0. The van der Waals surface area contributed by atoms with Gasteiger partial charge in [-0.25, -0.2) is 0 Å². The Morgan fingerprint density at radius 1 is 1.00 bits per heavy atom. The lowest BCUT2D eigenvalue weighted by atomic mass is 10.1. The molecule has 0 aromatic heterocycles. The van der Waals surface area contributed by atoms with Crippen molar-refractivity contribution >= 4 is 17.3 Å². The molecule has 0 saturated carbocycles. The molecule has 0 aliphatic rings. The summed E-state index contributed by atoms with van der Waals surface area (Å²) in [5.41, 5.74) is 6.11. The monoisotopic (exact) mass is 259 g/mol. The minimum Gasteiger partial charge on any atom is -0.380 e. The van der Waals surface area contributed by atoms with Gasteiger partial charge in [-0.3, -0.25) is 0 Å². The van der Waals surface area contributed by atoms with Gasteiger partial charge in [-0.15, -0.1) is 0 Å². The normalized spacial score (nSPS) is 10.4. The molecule has 2 rings (SSSR count). The van der Waals surface area contributed by atoms with Gasteiger partial charge in [0.05, 0.1) is 10.7 Å². The van der Waals surface area contributed by atoms with Crippen LogP contribution < -0.4 is 5.32 Å². The van der Waals surface area contributed by atoms with Crippen molar-refractivity contribution < 1.29 is 0 Å². The van der Waals surface area contributed by atoms with Crippen LogP contribution in [0.25, 0.3) is 0 Å². The fourth-order valence-corrected chi connectivity index (χ4v) is 2.37. The van der Waals surface area contributed by atoms with Gasteiger partial charge < -0.3 is 5.32 Å². The summed E-state index contributed by atoms with van der Waals surface area (Å²) in [4.78, 5) is 0. The average molecular weight is 260 g/mol. The minimum atomic E-state index is 0.778. The van der Waals surface area contributed by atoms with E-state index in [0.29, 0.717) is 0 Å². The third-order valence-corrected chi connectivity index (χ3v) is 3.49. The third-order valence-electron chi connectivity index (χ3n) is 3.18. The number of anilines is 1. The number of halogens is 1. The van der Waals surface area contributed by atoms with Gasteiger partial charge in [-0.2, -0.15) is 0 Å². The summed E-state index contributed by atoms with van der Waals surface area (Å²) in [6.45, 7) is 7.12. The van der Waals surface area contributed by atoms with E-state index in [1.807, 2.05) is 12.1 Å². The molecule has 18 heavy (non-hydrogen) atoms. The molecule has 0 aliphatic carbocycles. The number of para-hydroxylation sites is 1. The molecule has 94 valence electrons. The average Bonchev–Trinajstić information content (AvgIpc) is 2.31. The summed E-state index contributed by atoms with van der Waals surface area (Å²) in [7, 11) is 0. The largest absolute Gasteiger partial charge is 0.380 e. The molecule has 0 unspecified atom stereocenters. The molecule has 1 nitrogen and oxygen atoms in total. The van der Waals surface area contributed by atoms with E-state index in [4.69, 9.17) is 11.6 Å². The van der Waals surface area contributed by atoms with Crippen molar-refractivity contribution in [2.24, 2.45) is 0 Å². The summed E-state index contributed by atoms with van der Waals surface area (Å²) in [6, 6.07) is 12.5. The summed E-state index contributed by atoms with van der Waals surface area (Å²) in [5, 5.41) is 4.20. The number of hydrogen-bond donors (Lipinski definition) is 1. The molecule has 0 atom stereocenters. The molecule has 1 N–H and O–H groups in total. The van der Waals surface area contributed by atoms with Gasteiger partial charge in [0.25, 0.3) is 0 Å². The van der Waals surface area contributed by atoms with Gasteiger partial charge in [0.15, 0.2) is 0 Å². The van der Waals surface area contributed by atoms with Crippen molar-refractivity contribution in [2.45, 2.75) is 27.3 Å². The van der Waals surface area contributed by atoms with Crippen LogP contribution in [-0.4, -0.2) is 0 Å². The third kappa shape index (κ3) is 2.85. The Morgan fingerprint density at radius 3 is 2.44 bits per heavy atom. The first-order valence-electron chi connectivity index (χ1n) is 6.13. The molecule has 0 radical (unpaired) electrons. The van der Waals surface area contributed by atoms with Crippen LogP contribution in [0.1, 0.15) is 22.3 Å². The maximum Gasteiger partial charge on any atom is 0.0640 e. The molecule has 0 aliphatic heterocycles. The quantitative estimate of drug-likeness (QED) is 0.829. The van der Waals surface area contributed by atoms with Gasteiger partial charge in [0.1, 0.15) is 0 Å². The van der Waals surface area contributed by atoms with Gasteiger partial charge in [-0.05, 0) is 43.5 Å². The Morgan fingerprint density at radius 2 is 1.78 bits per heavy atom. The lowest BCUT2D eigenvalue weighted by Gasteiger charge is -2.13. The second-order valence-electron chi connectivity index (χ2n) is 4.72. The molecular formula is C16H18ClN. The predicted octanol–water partition coefficient (Wildman–Crippen LogP) is 4.88. The predicted molar refractivity (Wildman–Crippen MR) is 79.4 cm³/mol. The molecule has 2 aromatic rings. The SMILES string of the molecule is Cc1ccc(CNc2c(C)cccc2Cl)c(C)c1. The van der Waals surface area contributed by atoms with E-state index >= 15 is 0 Å². The lowest BCUT2D eigenvalue weighted by molar-refractivity contribution is 1.11. The standard InChI is InChI=1S/C16H18ClN/c1-11-7-8-14(13(3)9-11)10-18-16-12(2)5-4-6-15(16)17/h4-9,18H,10H2,1-3H3. The zero-order chi connectivity index (χ0) is 13.1.